The van der Waals surface area contributed by atoms with Crippen LogP contribution < -0.4 is 10.9 Å². The molecular formula is C19H14ClNO5. The van der Waals surface area contributed by atoms with Gasteiger partial charge in [-0.2, -0.15) is 0 Å². The van der Waals surface area contributed by atoms with Gasteiger partial charge in [-0.25, -0.2) is 9.59 Å². The Morgan fingerprint density at radius 3 is 2.62 bits per heavy atom. The normalized spacial score (nSPS) is 10.6. The molecule has 7 heteroatoms. The molecule has 3 rings (SSSR count). The molecule has 0 saturated carbocycles. The van der Waals surface area contributed by atoms with Gasteiger partial charge in [-0.15, -0.1) is 0 Å². The highest BCUT2D eigenvalue weighted by atomic mass is 35.5. The number of hydrogen-bond acceptors (Lipinski definition) is 5. The van der Waals surface area contributed by atoms with Gasteiger partial charge in [0, 0.05) is 16.1 Å². The fourth-order valence-corrected chi connectivity index (χ4v) is 2.62. The lowest BCUT2D eigenvalue weighted by atomic mass is 10.1. The van der Waals surface area contributed by atoms with E-state index in [1.54, 1.807) is 37.3 Å². The zero-order chi connectivity index (χ0) is 18.8. The molecule has 6 nitrogen and oxygen atoms in total. The predicted molar refractivity (Wildman–Crippen MR) is 98.0 cm³/mol. The minimum atomic E-state index is -0.765. The van der Waals surface area contributed by atoms with Crippen molar-refractivity contribution in [1.29, 1.82) is 0 Å². The molecule has 0 aliphatic carbocycles. The molecule has 0 aliphatic rings. The van der Waals surface area contributed by atoms with Crippen molar-refractivity contribution >= 4 is 40.1 Å². The molecular weight excluding hydrogens is 358 g/mol. The van der Waals surface area contributed by atoms with Crippen LogP contribution in [-0.4, -0.2) is 19.0 Å². The van der Waals surface area contributed by atoms with Gasteiger partial charge in [0.15, 0.2) is 0 Å². The molecule has 0 unspecified atom stereocenters. The quantitative estimate of drug-likeness (QED) is 0.559. The van der Waals surface area contributed by atoms with Crippen LogP contribution in [0.2, 0.25) is 5.02 Å². The van der Waals surface area contributed by atoms with E-state index >= 15 is 0 Å². The first-order valence-electron chi connectivity index (χ1n) is 7.63. The monoisotopic (exact) mass is 371 g/mol. The van der Waals surface area contributed by atoms with Gasteiger partial charge in [0.25, 0.3) is 5.91 Å². The molecule has 1 heterocycles. The maximum atomic E-state index is 12.5. The average molecular weight is 372 g/mol. The Hall–Kier alpha value is -3.12. The van der Waals surface area contributed by atoms with Crippen molar-refractivity contribution in [2.24, 2.45) is 0 Å². The second kappa shape index (κ2) is 7.01. The minimum Gasteiger partial charge on any atom is -0.465 e. The van der Waals surface area contributed by atoms with E-state index < -0.39 is 17.5 Å². The van der Waals surface area contributed by atoms with Crippen LogP contribution in [0.25, 0.3) is 11.0 Å². The van der Waals surface area contributed by atoms with E-state index in [1.807, 2.05) is 0 Å². The number of fused-ring (bicyclic) bond motifs is 1. The van der Waals surface area contributed by atoms with Crippen molar-refractivity contribution in [1.82, 2.24) is 0 Å². The van der Waals surface area contributed by atoms with E-state index in [4.69, 9.17) is 16.0 Å². The summed E-state index contributed by atoms with van der Waals surface area (Å²) in [6, 6.07) is 10.9. The van der Waals surface area contributed by atoms with Crippen molar-refractivity contribution in [3.05, 3.63) is 74.6 Å². The Labute approximate surface area is 153 Å². The number of aryl methyl sites for hydroxylation is 1. The highest BCUT2D eigenvalue weighted by Gasteiger charge is 2.16. The molecule has 0 fully saturated rings. The summed E-state index contributed by atoms with van der Waals surface area (Å²) < 4.78 is 9.84. The van der Waals surface area contributed by atoms with Crippen LogP contribution in [-0.2, 0) is 4.74 Å². The first-order valence-corrected chi connectivity index (χ1v) is 8.00. The summed E-state index contributed by atoms with van der Waals surface area (Å²) in [5.41, 5.74) is 0.801. The first kappa shape index (κ1) is 17.7. The number of methoxy groups -OCH3 is 1. The van der Waals surface area contributed by atoms with Gasteiger partial charge in [0.05, 0.1) is 12.7 Å². The molecule has 0 spiro atoms. The molecule has 0 atom stereocenters. The lowest BCUT2D eigenvalue weighted by Gasteiger charge is -2.10. The molecule has 26 heavy (non-hydrogen) atoms. The molecule has 1 amide bonds. The number of esters is 1. The smallest absolute Gasteiger partial charge is 0.349 e. The number of halogens is 1. The highest BCUT2D eigenvalue weighted by molar-refractivity contribution is 6.31. The lowest BCUT2D eigenvalue weighted by molar-refractivity contribution is 0.0600. The van der Waals surface area contributed by atoms with Gasteiger partial charge in [-0.05, 0) is 48.9 Å². The number of hydrogen-bond donors (Lipinski definition) is 1. The van der Waals surface area contributed by atoms with Crippen molar-refractivity contribution in [2.45, 2.75) is 6.92 Å². The minimum absolute atomic E-state index is 0.164. The fourth-order valence-electron chi connectivity index (χ4n) is 2.44. The van der Waals surface area contributed by atoms with Gasteiger partial charge in [0.1, 0.15) is 11.1 Å². The van der Waals surface area contributed by atoms with Crippen LogP contribution in [0.3, 0.4) is 0 Å². The summed E-state index contributed by atoms with van der Waals surface area (Å²) in [4.78, 5) is 36.3. The SMILES string of the molecule is COC(=O)c1ccc(C)c(NC(=O)c2cc3cc(Cl)ccc3oc2=O)c1. The van der Waals surface area contributed by atoms with Crippen molar-refractivity contribution < 1.29 is 18.7 Å². The van der Waals surface area contributed by atoms with Gasteiger partial charge in [-0.3, -0.25) is 4.79 Å². The van der Waals surface area contributed by atoms with E-state index in [-0.39, 0.29) is 11.1 Å². The largest absolute Gasteiger partial charge is 0.465 e. The molecule has 3 aromatic rings. The molecule has 1 N–H and O–H groups in total. The Bertz CT molecular complexity index is 1090. The molecule has 0 radical (unpaired) electrons. The van der Waals surface area contributed by atoms with E-state index in [1.165, 1.54) is 19.2 Å². The zero-order valence-corrected chi connectivity index (χ0v) is 14.7. The standard InChI is InChI=1S/C19H14ClNO5/c1-10-3-4-11(18(23)25-2)9-15(10)21-17(22)14-8-12-7-13(20)5-6-16(12)26-19(14)24/h3-9H,1-2H3,(H,21,22). The highest BCUT2D eigenvalue weighted by Crippen LogP contribution is 2.21. The number of amides is 1. The van der Waals surface area contributed by atoms with E-state index in [2.05, 4.69) is 10.1 Å². The average Bonchev–Trinajstić information content (AvgIpc) is 2.62. The number of anilines is 1. The topological polar surface area (TPSA) is 85.6 Å². The van der Waals surface area contributed by atoms with Crippen molar-refractivity contribution in [3.63, 3.8) is 0 Å². The van der Waals surface area contributed by atoms with Crippen molar-refractivity contribution in [3.8, 4) is 0 Å². The molecule has 0 saturated heterocycles. The summed E-state index contributed by atoms with van der Waals surface area (Å²) in [5.74, 6) is -1.17. The summed E-state index contributed by atoms with van der Waals surface area (Å²) in [7, 11) is 1.27. The number of rotatable bonds is 3. The first-order chi connectivity index (χ1) is 12.4. The van der Waals surface area contributed by atoms with E-state index in [0.29, 0.717) is 21.7 Å². The van der Waals surface area contributed by atoms with Crippen LogP contribution in [0.15, 0.2) is 51.7 Å². The third-order valence-electron chi connectivity index (χ3n) is 3.85. The Balaban J connectivity index is 1.98. The maximum Gasteiger partial charge on any atom is 0.349 e. The Morgan fingerprint density at radius 1 is 1.12 bits per heavy atom. The Kier molecular flexibility index (Phi) is 4.77. The number of ether oxygens (including phenoxy) is 1. The third-order valence-corrected chi connectivity index (χ3v) is 4.08. The predicted octanol–water partition coefficient (Wildman–Crippen LogP) is 3.79. The van der Waals surface area contributed by atoms with E-state index in [9.17, 15) is 14.4 Å². The molecule has 0 aliphatic heterocycles. The summed E-state index contributed by atoms with van der Waals surface area (Å²) in [6.07, 6.45) is 0. The Morgan fingerprint density at radius 2 is 1.88 bits per heavy atom. The number of carbonyl (C=O) groups is 2. The molecule has 0 bridgehead atoms. The van der Waals surface area contributed by atoms with Crippen LogP contribution in [0, 0.1) is 6.92 Å². The van der Waals surface area contributed by atoms with Crippen molar-refractivity contribution in [2.75, 3.05) is 12.4 Å². The summed E-state index contributed by atoms with van der Waals surface area (Å²) in [6.45, 7) is 1.76. The van der Waals surface area contributed by atoms with Crippen LogP contribution in [0.1, 0.15) is 26.3 Å². The van der Waals surface area contributed by atoms with E-state index in [0.717, 1.165) is 5.56 Å². The van der Waals surface area contributed by atoms with Gasteiger partial charge in [0.2, 0.25) is 0 Å². The summed E-state index contributed by atoms with van der Waals surface area (Å²) in [5, 5.41) is 3.61. The lowest BCUT2D eigenvalue weighted by Crippen LogP contribution is -2.21. The third kappa shape index (κ3) is 3.45. The second-order valence-electron chi connectivity index (χ2n) is 5.61. The van der Waals surface area contributed by atoms with Gasteiger partial charge in [-0.1, -0.05) is 17.7 Å². The van der Waals surface area contributed by atoms with Crippen LogP contribution >= 0.6 is 11.6 Å². The molecule has 132 valence electrons. The zero-order valence-electron chi connectivity index (χ0n) is 14.0. The molecule has 1 aromatic heterocycles. The number of nitrogens with one attached hydrogen (secondary N) is 1. The molecule has 2 aromatic carbocycles. The van der Waals surface area contributed by atoms with Crippen LogP contribution in [0.5, 0.6) is 0 Å². The van der Waals surface area contributed by atoms with Gasteiger partial charge >= 0.3 is 11.6 Å². The second-order valence-corrected chi connectivity index (χ2v) is 6.04. The maximum absolute atomic E-state index is 12.5. The fraction of sp³-hybridized carbons (Fsp3) is 0.105. The number of benzene rings is 2. The van der Waals surface area contributed by atoms with Gasteiger partial charge < -0.3 is 14.5 Å². The summed E-state index contributed by atoms with van der Waals surface area (Å²) >= 11 is 5.94. The van der Waals surface area contributed by atoms with Crippen LogP contribution in [0.4, 0.5) is 5.69 Å². The number of carbonyl (C=O) groups excluding carboxylic acids is 2.